The SMILES string of the molecule is Fc1ccc(C(=CC=CC(c2ccc(F)cc2)=[N+]2CCN(c3ccnc4cc(Cl)ccc34)CC2)N2CCN(c3ccnc4cc(Cl)ccc34)CC2)cc1. The van der Waals surface area contributed by atoms with Gasteiger partial charge in [-0.1, -0.05) is 29.3 Å². The minimum Gasteiger partial charge on any atom is -0.368 e. The lowest BCUT2D eigenvalue weighted by atomic mass is 10.1. The Morgan fingerprint density at radius 2 is 1.11 bits per heavy atom. The molecule has 2 fully saturated rings. The van der Waals surface area contributed by atoms with Crippen molar-refractivity contribution in [3.8, 4) is 0 Å². The number of allylic oxidation sites excluding steroid dienone is 3. The summed E-state index contributed by atoms with van der Waals surface area (Å²) < 4.78 is 30.5. The second kappa shape index (κ2) is 15.3. The van der Waals surface area contributed by atoms with Gasteiger partial charge in [-0.2, -0.15) is 0 Å². The molecule has 2 aliphatic heterocycles. The maximum Gasteiger partial charge on any atom is 0.207 e. The predicted molar refractivity (Wildman–Crippen MR) is 214 cm³/mol. The number of benzene rings is 4. The minimum absolute atomic E-state index is 0.271. The number of hydrogen-bond donors (Lipinski definition) is 0. The molecule has 53 heavy (non-hydrogen) atoms. The van der Waals surface area contributed by atoms with Gasteiger partial charge in [-0.05, 0) is 109 Å². The Hall–Kier alpha value is -5.31. The van der Waals surface area contributed by atoms with Crippen LogP contribution in [0.5, 0.6) is 0 Å². The fourth-order valence-electron chi connectivity index (χ4n) is 7.38. The molecule has 0 bridgehead atoms. The van der Waals surface area contributed by atoms with Crippen LogP contribution in [0.15, 0.2) is 128 Å². The van der Waals surface area contributed by atoms with Crippen molar-refractivity contribution in [2.75, 3.05) is 62.2 Å². The number of halogens is 4. The second-order valence-electron chi connectivity index (χ2n) is 13.2. The largest absolute Gasteiger partial charge is 0.368 e. The van der Waals surface area contributed by atoms with Gasteiger partial charge in [-0.15, -0.1) is 0 Å². The Morgan fingerprint density at radius 1 is 0.604 bits per heavy atom. The number of piperazine rings is 2. The number of anilines is 2. The van der Waals surface area contributed by atoms with Crippen LogP contribution >= 0.6 is 23.2 Å². The van der Waals surface area contributed by atoms with E-state index in [1.807, 2.05) is 73.1 Å². The molecule has 0 spiro atoms. The first-order chi connectivity index (χ1) is 25.9. The molecule has 0 aliphatic carbocycles. The molecule has 0 N–H and O–H groups in total. The van der Waals surface area contributed by atoms with Crippen molar-refractivity contribution < 1.29 is 13.4 Å². The van der Waals surface area contributed by atoms with Crippen molar-refractivity contribution in [3.05, 3.63) is 160 Å². The molecule has 0 atom stereocenters. The van der Waals surface area contributed by atoms with E-state index in [2.05, 4.69) is 59.6 Å². The van der Waals surface area contributed by atoms with Crippen LogP contribution in [-0.4, -0.2) is 77.5 Å². The normalized spacial score (nSPS) is 15.6. The highest BCUT2D eigenvalue weighted by molar-refractivity contribution is 6.31. The van der Waals surface area contributed by atoms with Gasteiger partial charge in [-0.25, -0.2) is 13.4 Å². The van der Waals surface area contributed by atoms with Gasteiger partial charge < -0.3 is 14.7 Å². The monoisotopic (exact) mass is 745 g/mol. The van der Waals surface area contributed by atoms with Crippen LogP contribution in [0.1, 0.15) is 11.1 Å². The lowest BCUT2D eigenvalue weighted by Gasteiger charge is -2.39. The zero-order chi connectivity index (χ0) is 36.3. The third-order valence-corrected chi connectivity index (χ3v) is 10.5. The highest BCUT2D eigenvalue weighted by Gasteiger charge is 2.25. The number of aromatic nitrogens is 2. The van der Waals surface area contributed by atoms with E-state index in [0.29, 0.717) is 10.0 Å². The highest BCUT2D eigenvalue weighted by Crippen LogP contribution is 2.31. The molecule has 2 saturated heterocycles. The average Bonchev–Trinajstić information content (AvgIpc) is 3.18. The molecule has 0 saturated carbocycles. The van der Waals surface area contributed by atoms with Gasteiger partial charge in [0.2, 0.25) is 5.71 Å². The standard InChI is InChI=1S/C43H37Cl2F2N6/c44-32-8-14-36-38(28-32)48-18-16-42(36)52-24-20-50(21-25-52)40(30-4-10-34(46)11-5-30)2-1-3-41(31-6-12-35(47)13-7-31)51-22-26-53(27-23-51)43-17-19-49-39-29-33(45)9-15-37(39)43/h1-19,28-29H,20-27H2/q+1. The van der Waals surface area contributed by atoms with Gasteiger partial charge in [-0.3, -0.25) is 9.97 Å². The molecule has 4 heterocycles. The number of rotatable bonds is 7. The number of nitrogens with zero attached hydrogens (tertiary/aromatic N) is 6. The molecule has 4 aromatic carbocycles. The van der Waals surface area contributed by atoms with E-state index in [1.54, 1.807) is 0 Å². The van der Waals surface area contributed by atoms with Crippen molar-refractivity contribution in [3.63, 3.8) is 0 Å². The predicted octanol–water partition coefficient (Wildman–Crippen LogP) is 9.11. The van der Waals surface area contributed by atoms with Gasteiger partial charge in [0, 0.05) is 88.1 Å². The summed E-state index contributed by atoms with van der Waals surface area (Å²) in [6, 6.07) is 29.2. The Morgan fingerprint density at radius 3 is 1.66 bits per heavy atom. The highest BCUT2D eigenvalue weighted by atomic mass is 35.5. The molecular formula is C43H37Cl2F2N6+. The number of fused-ring (bicyclic) bond motifs is 2. The van der Waals surface area contributed by atoms with E-state index in [4.69, 9.17) is 23.2 Å². The van der Waals surface area contributed by atoms with Crippen LogP contribution in [0.25, 0.3) is 27.5 Å². The molecule has 10 heteroatoms. The van der Waals surface area contributed by atoms with E-state index < -0.39 is 0 Å². The average molecular weight is 747 g/mol. The third-order valence-electron chi connectivity index (χ3n) is 10.1. The van der Waals surface area contributed by atoms with Gasteiger partial charge >= 0.3 is 0 Å². The summed E-state index contributed by atoms with van der Waals surface area (Å²) in [5.74, 6) is -0.541. The molecular weight excluding hydrogens is 709 g/mol. The Balaban J connectivity index is 1.07. The van der Waals surface area contributed by atoms with Crippen LogP contribution in [-0.2, 0) is 0 Å². The van der Waals surface area contributed by atoms with E-state index in [0.717, 1.165) is 108 Å². The first kappa shape index (κ1) is 34.8. The first-order valence-corrected chi connectivity index (χ1v) is 18.5. The van der Waals surface area contributed by atoms with E-state index in [1.165, 1.54) is 24.3 Å². The molecule has 266 valence electrons. The fraction of sp³-hybridized carbons (Fsp3) is 0.186. The molecule has 0 radical (unpaired) electrons. The molecule has 2 aromatic heterocycles. The maximum absolute atomic E-state index is 14.1. The summed E-state index contributed by atoms with van der Waals surface area (Å²) in [6.07, 6.45) is 9.96. The lowest BCUT2D eigenvalue weighted by Crippen LogP contribution is -2.45. The molecule has 6 nitrogen and oxygen atoms in total. The summed E-state index contributed by atoms with van der Waals surface area (Å²) in [5, 5.41) is 3.49. The maximum atomic E-state index is 14.1. The van der Waals surface area contributed by atoms with Crippen LogP contribution < -0.4 is 9.80 Å². The van der Waals surface area contributed by atoms with Crippen LogP contribution in [0.3, 0.4) is 0 Å². The van der Waals surface area contributed by atoms with Crippen LogP contribution in [0, 0.1) is 11.6 Å². The van der Waals surface area contributed by atoms with E-state index in [9.17, 15) is 8.78 Å². The van der Waals surface area contributed by atoms with Crippen LogP contribution in [0.2, 0.25) is 10.0 Å². The number of pyridine rings is 2. The molecule has 0 unspecified atom stereocenters. The van der Waals surface area contributed by atoms with E-state index >= 15 is 0 Å². The topological polar surface area (TPSA) is 38.5 Å². The lowest BCUT2D eigenvalue weighted by molar-refractivity contribution is -0.528. The molecule has 2 aliphatic rings. The summed E-state index contributed by atoms with van der Waals surface area (Å²) in [4.78, 5) is 16.2. The second-order valence-corrected chi connectivity index (χ2v) is 14.1. The van der Waals surface area contributed by atoms with Crippen molar-refractivity contribution >= 4 is 67.8 Å². The summed E-state index contributed by atoms with van der Waals surface area (Å²) in [7, 11) is 0. The Kier molecular flexibility index (Phi) is 10.1. The van der Waals surface area contributed by atoms with Crippen molar-refractivity contribution in [2.45, 2.75) is 0 Å². The summed E-state index contributed by atoms with van der Waals surface area (Å²) in [5.41, 5.74) is 7.94. The summed E-state index contributed by atoms with van der Waals surface area (Å²) >= 11 is 12.5. The van der Waals surface area contributed by atoms with Crippen molar-refractivity contribution in [2.24, 2.45) is 0 Å². The fourth-order valence-corrected chi connectivity index (χ4v) is 7.71. The molecule has 0 amide bonds. The molecule has 8 rings (SSSR count). The van der Waals surface area contributed by atoms with Gasteiger partial charge in [0.05, 0.1) is 24.1 Å². The Bertz CT molecular complexity index is 2360. The van der Waals surface area contributed by atoms with Gasteiger partial charge in [0.15, 0.2) is 13.1 Å². The number of hydrogen-bond acceptors (Lipinski definition) is 5. The third kappa shape index (κ3) is 7.61. The van der Waals surface area contributed by atoms with Crippen molar-refractivity contribution in [1.29, 1.82) is 0 Å². The smallest absolute Gasteiger partial charge is 0.207 e. The van der Waals surface area contributed by atoms with Crippen LogP contribution in [0.4, 0.5) is 20.2 Å². The Labute approximate surface area is 317 Å². The zero-order valence-corrected chi connectivity index (χ0v) is 30.5. The van der Waals surface area contributed by atoms with Gasteiger partial charge in [0.25, 0.3) is 0 Å². The quantitative estimate of drug-likeness (QED) is 0.120. The zero-order valence-electron chi connectivity index (χ0n) is 29.0. The van der Waals surface area contributed by atoms with E-state index in [-0.39, 0.29) is 11.6 Å². The summed E-state index contributed by atoms with van der Waals surface area (Å²) in [6.45, 7) is 6.34. The van der Waals surface area contributed by atoms with Crippen molar-refractivity contribution in [1.82, 2.24) is 14.9 Å². The minimum atomic E-state index is -0.271. The molecule has 6 aromatic rings. The first-order valence-electron chi connectivity index (χ1n) is 17.8. The van der Waals surface area contributed by atoms with Gasteiger partial charge in [0.1, 0.15) is 11.6 Å².